The molecule has 6 nitrogen and oxygen atoms in total. The second-order valence-corrected chi connectivity index (χ2v) is 8.38. The molecule has 3 rings (SSSR count). The van der Waals surface area contributed by atoms with Crippen LogP contribution in [0.5, 0.6) is 5.75 Å². The largest absolute Gasteiger partial charge is 0.497 e. The predicted octanol–water partition coefficient (Wildman–Crippen LogP) is 4.05. The molecule has 0 aromatic heterocycles. The minimum absolute atomic E-state index is 0.187. The molecule has 3 aromatic carbocycles. The van der Waals surface area contributed by atoms with Crippen molar-refractivity contribution >= 4 is 21.4 Å². The van der Waals surface area contributed by atoms with E-state index in [0.29, 0.717) is 11.4 Å². The fourth-order valence-electron chi connectivity index (χ4n) is 2.83. The van der Waals surface area contributed by atoms with Crippen molar-refractivity contribution in [2.24, 2.45) is 5.10 Å². The minimum Gasteiger partial charge on any atom is -0.497 e. The number of sulfonamides is 1. The zero-order valence-electron chi connectivity index (χ0n) is 17.0. The van der Waals surface area contributed by atoms with Crippen LogP contribution in [0.4, 0.5) is 5.69 Å². The molecule has 2 N–H and O–H groups in total. The molecule has 3 aromatic rings. The number of anilines is 1. The van der Waals surface area contributed by atoms with E-state index in [0.717, 1.165) is 24.2 Å². The van der Waals surface area contributed by atoms with Gasteiger partial charge < -0.3 is 10.2 Å². The highest BCUT2D eigenvalue weighted by Gasteiger charge is 2.14. The van der Waals surface area contributed by atoms with Crippen molar-refractivity contribution < 1.29 is 13.2 Å². The number of hydrazone groups is 1. The number of ether oxygens (including phenoxy) is 1. The number of rotatable bonds is 9. The highest BCUT2D eigenvalue weighted by Crippen LogP contribution is 2.19. The lowest BCUT2D eigenvalue weighted by Gasteiger charge is -2.10. The lowest BCUT2D eigenvalue weighted by Crippen LogP contribution is -2.14. The summed E-state index contributed by atoms with van der Waals surface area (Å²) in [5.74, 6) is 0.662. The van der Waals surface area contributed by atoms with Crippen LogP contribution in [-0.4, -0.2) is 27.8 Å². The Morgan fingerprint density at radius 1 is 0.933 bits per heavy atom. The summed E-state index contributed by atoms with van der Waals surface area (Å²) in [5, 5.41) is 4.38. The number of hydrogen-bond acceptors (Lipinski definition) is 5. The van der Waals surface area contributed by atoms with Crippen molar-refractivity contribution in [1.82, 2.24) is 5.43 Å². The van der Waals surface area contributed by atoms with Gasteiger partial charge in [0.1, 0.15) is 5.75 Å². The zero-order chi connectivity index (χ0) is 21.4. The Kier molecular flexibility index (Phi) is 7.08. The molecule has 0 saturated carbocycles. The van der Waals surface area contributed by atoms with Crippen LogP contribution in [0.15, 0.2) is 88.9 Å². The fourth-order valence-corrected chi connectivity index (χ4v) is 3.89. The van der Waals surface area contributed by atoms with Gasteiger partial charge in [0, 0.05) is 12.2 Å². The van der Waals surface area contributed by atoms with Gasteiger partial charge in [-0.3, -0.25) is 4.72 Å². The first-order chi connectivity index (χ1) is 14.5. The molecule has 156 valence electrons. The Hall–Kier alpha value is -3.32. The summed E-state index contributed by atoms with van der Waals surface area (Å²) in [6.07, 6.45) is 0.881. The quantitative estimate of drug-likeness (QED) is 0.309. The number of nitrogens with one attached hydrogen (secondary N) is 2. The molecule has 0 aliphatic heterocycles. The van der Waals surface area contributed by atoms with Crippen molar-refractivity contribution in [1.29, 1.82) is 0 Å². The average molecular weight is 424 g/mol. The SMILES string of the molecule is COc1ccc(NS(=O)(=O)c2ccc(C(C)=NNCCc3ccccc3)cc2)cc1. The first-order valence-electron chi connectivity index (χ1n) is 9.56. The number of nitrogens with zero attached hydrogens (tertiary/aromatic N) is 1. The third-order valence-electron chi connectivity index (χ3n) is 4.54. The van der Waals surface area contributed by atoms with E-state index >= 15 is 0 Å². The fraction of sp³-hybridized carbons (Fsp3) is 0.174. The van der Waals surface area contributed by atoms with Gasteiger partial charge in [-0.05, 0) is 60.9 Å². The number of methoxy groups -OCH3 is 1. The second kappa shape index (κ2) is 9.93. The summed E-state index contributed by atoms with van der Waals surface area (Å²) < 4.78 is 32.8. The zero-order valence-corrected chi connectivity index (χ0v) is 17.8. The predicted molar refractivity (Wildman–Crippen MR) is 121 cm³/mol. The minimum atomic E-state index is -3.67. The van der Waals surface area contributed by atoms with Crippen LogP contribution < -0.4 is 14.9 Å². The van der Waals surface area contributed by atoms with Gasteiger partial charge in [-0.1, -0.05) is 42.5 Å². The van der Waals surface area contributed by atoms with Crippen LogP contribution >= 0.6 is 0 Å². The standard InChI is InChI=1S/C23H25N3O3S/c1-18(25-24-17-16-19-6-4-3-5-7-19)20-8-14-23(15-9-20)30(27,28)26-21-10-12-22(29-2)13-11-21/h3-15,24,26H,16-17H2,1-2H3. The van der Waals surface area contributed by atoms with Crippen LogP contribution in [0.2, 0.25) is 0 Å². The maximum atomic E-state index is 12.6. The molecule has 7 heteroatoms. The van der Waals surface area contributed by atoms with Gasteiger partial charge in [-0.15, -0.1) is 0 Å². The van der Waals surface area contributed by atoms with Crippen LogP contribution in [0.3, 0.4) is 0 Å². The van der Waals surface area contributed by atoms with Gasteiger partial charge in [-0.2, -0.15) is 5.10 Å². The monoisotopic (exact) mass is 423 g/mol. The molecule has 0 fully saturated rings. The van der Waals surface area contributed by atoms with E-state index in [-0.39, 0.29) is 4.90 Å². The van der Waals surface area contributed by atoms with Gasteiger partial charge >= 0.3 is 0 Å². The summed E-state index contributed by atoms with van der Waals surface area (Å²) in [6.45, 7) is 2.61. The van der Waals surface area contributed by atoms with Gasteiger partial charge in [0.15, 0.2) is 0 Å². The molecule has 0 unspecified atom stereocenters. The third kappa shape index (κ3) is 5.84. The van der Waals surface area contributed by atoms with Gasteiger partial charge in [0.05, 0.1) is 17.7 Å². The maximum absolute atomic E-state index is 12.6. The van der Waals surface area contributed by atoms with Crippen LogP contribution in [-0.2, 0) is 16.4 Å². The molecular formula is C23H25N3O3S. The van der Waals surface area contributed by atoms with E-state index in [1.54, 1.807) is 55.6 Å². The Morgan fingerprint density at radius 2 is 1.60 bits per heavy atom. The van der Waals surface area contributed by atoms with E-state index in [9.17, 15) is 8.42 Å². The Bertz CT molecular complexity index is 1080. The number of hydrogen-bond donors (Lipinski definition) is 2. The molecule has 0 atom stereocenters. The molecule has 0 spiro atoms. The molecule has 0 radical (unpaired) electrons. The lowest BCUT2D eigenvalue weighted by atomic mass is 10.1. The van der Waals surface area contributed by atoms with Gasteiger partial charge in [-0.25, -0.2) is 8.42 Å². The topological polar surface area (TPSA) is 79.8 Å². The van der Waals surface area contributed by atoms with E-state index in [4.69, 9.17) is 4.74 Å². The molecule has 0 aliphatic carbocycles. The smallest absolute Gasteiger partial charge is 0.261 e. The van der Waals surface area contributed by atoms with Crippen LogP contribution in [0.25, 0.3) is 0 Å². The van der Waals surface area contributed by atoms with Crippen LogP contribution in [0, 0.1) is 0 Å². The van der Waals surface area contributed by atoms with E-state index in [1.807, 2.05) is 25.1 Å². The number of benzene rings is 3. The van der Waals surface area contributed by atoms with Crippen molar-refractivity contribution in [3.05, 3.63) is 90.0 Å². The Morgan fingerprint density at radius 3 is 2.23 bits per heavy atom. The summed E-state index contributed by atoms with van der Waals surface area (Å²) in [6, 6.07) is 23.5. The first kappa shape index (κ1) is 21.4. The molecular weight excluding hydrogens is 398 g/mol. The molecule has 30 heavy (non-hydrogen) atoms. The van der Waals surface area contributed by atoms with Crippen molar-refractivity contribution in [2.45, 2.75) is 18.2 Å². The summed E-state index contributed by atoms with van der Waals surface area (Å²) in [4.78, 5) is 0.187. The van der Waals surface area contributed by atoms with Crippen molar-refractivity contribution in [3.8, 4) is 5.75 Å². The molecule has 0 bridgehead atoms. The van der Waals surface area contributed by atoms with Gasteiger partial charge in [0.25, 0.3) is 10.0 Å². The molecule has 0 amide bonds. The van der Waals surface area contributed by atoms with E-state index in [1.165, 1.54) is 5.56 Å². The summed E-state index contributed by atoms with van der Waals surface area (Å²) in [5.41, 5.74) is 6.43. The van der Waals surface area contributed by atoms with E-state index in [2.05, 4.69) is 27.4 Å². The van der Waals surface area contributed by atoms with Gasteiger partial charge in [0.2, 0.25) is 0 Å². The molecule has 0 saturated heterocycles. The Labute approximate surface area is 177 Å². The highest BCUT2D eigenvalue weighted by atomic mass is 32.2. The molecule has 0 aliphatic rings. The normalized spacial score (nSPS) is 11.7. The third-order valence-corrected chi connectivity index (χ3v) is 5.94. The summed E-state index contributed by atoms with van der Waals surface area (Å²) in [7, 11) is -2.11. The van der Waals surface area contributed by atoms with E-state index < -0.39 is 10.0 Å². The van der Waals surface area contributed by atoms with Crippen molar-refractivity contribution in [3.63, 3.8) is 0 Å². The second-order valence-electron chi connectivity index (χ2n) is 6.70. The maximum Gasteiger partial charge on any atom is 0.261 e. The van der Waals surface area contributed by atoms with Crippen molar-refractivity contribution in [2.75, 3.05) is 18.4 Å². The van der Waals surface area contributed by atoms with Crippen LogP contribution in [0.1, 0.15) is 18.1 Å². The highest BCUT2D eigenvalue weighted by molar-refractivity contribution is 7.92. The Balaban J connectivity index is 1.59. The first-order valence-corrected chi connectivity index (χ1v) is 11.0. The lowest BCUT2D eigenvalue weighted by molar-refractivity contribution is 0.415. The summed E-state index contributed by atoms with van der Waals surface area (Å²) >= 11 is 0. The average Bonchev–Trinajstić information content (AvgIpc) is 2.77. The molecule has 0 heterocycles.